The molecule has 0 aliphatic carbocycles. The van der Waals surface area contributed by atoms with Gasteiger partial charge >= 0.3 is 0 Å². The van der Waals surface area contributed by atoms with Gasteiger partial charge in [0.05, 0.1) is 6.61 Å². The van der Waals surface area contributed by atoms with E-state index in [1.165, 1.54) is 12.0 Å². The Balaban J connectivity index is 2.19. The van der Waals surface area contributed by atoms with Crippen LogP contribution in [0.15, 0.2) is 24.3 Å². The molecule has 1 aromatic carbocycles. The Morgan fingerprint density at radius 3 is 3.00 bits per heavy atom. The molecule has 1 atom stereocenters. The summed E-state index contributed by atoms with van der Waals surface area (Å²) in [5, 5.41) is 0. The van der Waals surface area contributed by atoms with Gasteiger partial charge in [-0.2, -0.15) is 0 Å². The smallest absolute Gasteiger partial charge is 0.159 e. The van der Waals surface area contributed by atoms with Crippen LogP contribution in [0.4, 0.5) is 0 Å². The number of hydrogen-bond donors (Lipinski definition) is 0. The largest absolute Gasteiger partial charge is 0.381 e. The zero-order chi connectivity index (χ0) is 10.7. The first kappa shape index (κ1) is 10.4. The van der Waals surface area contributed by atoms with Gasteiger partial charge in [-0.3, -0.25) is 4.79 Å². The minimum Gasteiger partial charge on any atom is -0.381 e. The van der Waals surface area contributed by atoms with E-state index in [1.54, 1.807) is 6.92 Å². The maximum absolute atomic E-state index is 11.2. The molecule has 0 aromatic heterocycles. The van der Waals surface area contributed by atoms with Crippen LogP contribution >= 0.6 is 0 Å². The van der Waals surface area contributed by atoms with Crippen LogP contribution in [0.1, 0.15) is 41.6 Å². The number of hydrogen-bond acceptors (Lipinski definition) is 2. The van der Waals surface area contributed by atoms with E-state index in [4.69, 9.17) is 4.74 Å². The third kappa shape index (κ3) is 2.45. The lowest BCUT2D eigenvalue weighted by Gasteiger charge is -2.22. The molecule has 0 bridgehead atoms. The molecular formula is C13H16O2. The average Bonchev–Trinajstić information content (AvgIpc) is 2.30. The van der Waals surface area contributed by atoms with Crippen molar-refractivity contribution in [3.8, 4) is 0 Å². The summed E-state index contributed by atoms with van der Waals surface area (Å²) >= 11 is 0. The number of ether oxygens (including phenoxy) is 1. The van der Waals surface area contributed by atoms with E-state index in [9.17, 15) is 4.79 Å². The molecule has 0 N–H and O–H groups in total. The number of rotatable bonds is 2. The minimum absolute atomic E-state index is 0.133. The third-order valence-corrected chi connectivity index (χ3v) is 2.92. The molecule has 2 heteroatoms. The number of benzene rings is 1. The minimum atomic E-state index is 0.133. The monoisotopic (exact) mass is 204 g/mol. The summed E-state index contributed by atoms with van der Waals surface area (Å²) in [5.74, 6) is 0.603. The Kier molecular flexibility index (Phi) is 3.17. The van der Waals surface area contributed by atoms with E-state index in [2.05, 4.69) is 6.07 Å². The number of ketones is 1. The molecular weight excluding hydrogens is 188 g/mol. The summed E-state index contributed by atoms with van der Waals surface area (Å²) in [5.41, 5.74) is 2.04. The molecule has 1 unspecified atom stereocenters. The van der Waals surface area contributed by atoms with Crippen molar-refractivity contribution in [3.63, 3.8) is 0 Å². The van der Waals surface area contributed by atoms with E-state index in [1.807, 2.05) is 18.2 Å². The molecule has 0 spiro atoms. The predicted molar refractivity (Wildman–Crippen MR) is 59.2 cm³/mol. The van der Waals surface area contributed by atoms with Gasteiger partial charge in [0.15, 0.2) is 5.78 Å². The lowest BCUT2D eigenvalue weighted by molar-refractivity contribution is 0.0803. The molecule has 2 nitrogen and oxygen atoms in total. The molecule has 1 fully saturated rings. The Morgan fingerprint density at radius 1 is 1.47 bits per heavy atom. The van der Waals surface area contributed by atoms with Crippen LogP contribution < -0.4 is 0 Å². The molecule has 2 rings (SSSR count). The fourth-order valence-electron chi connectivity index (χ4n) is 2.02. The fraction of sp³-hybridized carbons (Fsp3) is 0.462. The van der Waals surface area contributed by atoms with Crippen molar-refractivity contribution in [1.29, 1.82) is 0 Å². The van der Waals surface area contributed by atoms with Gasteiger partial charge < -0.3 is 4.74 Å². The van der Waals surface area contributed by atoms with Gasteiger partial charge in [0.2, 0.25) is 0 Å². The summed E-state index contributed by atoms with van der Waals surface area (Å²) in [4.78, 5) is 11.2. The highest BCUT2D eigenvalue weighted by atomic mass is 16.5. The van der Waals surface area contributed by atoms with Crippen molar-refractivity contribution in [1.82, 2.24) is 0 Å². The zero-order valence-electron chi connectivity index (χ0n) is 9.03. The van der Waals surface area contributed by atoms with E-state index >= 15 is 0 Å². The molecule has 1 aliphatic rings. The first-order chi connectivity index (χ1) is 7.27. The second-order valence-electron chi connectivity index (χ2n) is 4.10. The van der Waals surface area contributed by atoms with Crippen molar-refractivity contribution in [3.05, 3.63) is 35.4 Å². The van der Waals surface area contributed by atoms with Crippen molar-refractivity contribution in [2.75, 3.05) is 13.2 Å². The van der Waals surface area contributed by atoms with Gasteiger partial charge in [0.25, 0.3) is 0 Å². The van der Waals surface area contributed by atoms with Crippen molar-refractivity contribution in [2.45, 2.75) is 25.7 Å². The van der Waals surface area contributed by atoms with Gasteiger partial charge in [-0.25, -0.2) is 0 Å². The van der Waals surface area contributed by atoms with Crippen LogP contribution in [0.25, 0.3) is 0 Å². The Hall–Kier alpha value is -1.15. The van der Waals surface area contributed by atoms with Gasteiger partial charge in [-0.05, 0) is 31.4 Å². The molecule has 1 aromatic rings. The quantitative estimate of drug-likeness (QED) is 0.692. The standard InChI is InChI=1S/C13H16O2/c1-10(14)11-4-2-5-12(8-11)13-6-3-7-15-9-13/h2,4-5,8,13H,3,6-7,9H2,1H3. The SMILES string of the molecule is CC(=O)c1cccc(C2CCCOC2)c1. The highest BCUT2D eigenvalue weighted by molar-refractivity contribution is 5.94. The van der Waals surface area contributed by atoms with Gasteiger partial charge in [0, 0.05) is 18.1 Å². The molecule has 1 saturated heterocycles. The van der Waals surface area contributed by atoms with Crippen LogP contribution in [0.5, 0.6) is 0 Å². The average molecular weight is 204 g/mol. The van der Waals surface area contributed by atoms with Crippen LogP contribution in [-0.4, -0.2) is 19.0 Å². The summed E-state index contributed by atoms with van der Waals surface area (Å²) in [7, 11) is 0. The fourth-order valence-corrected chi connectivity index (χ4v) is 2.02. The zero-order valence-corrected chi connectivity index (χ0v) is 9.03. The third-order valence-electron chi connectivity index (χ3n) is 2.92. The van der Waals surface area contributed by atoms with Crippen LogP contribution in [0.2, 0.25) is 0 Å². The molecule has 1 heterocycles. The predicted octanol–water partition coefficient (Wildman–Crippen LogP) is 2.78. The molecule has 0 amide bonds. The van der Waals surface area contributed by atoms with Gasteiger partial charge in [-0.1, -0.05) is 18.2 Å². The van der Waals surface area contributed by atoms with E-state index in [-0.39, 0.29) is 5.78 Å². The van der Waals surface area contributed by atoms with E-state index < -0.39 is 0 Å². The Bertz CT molecular complexity index is 351. The van der Waals surface area contributed by atoms with Crippen molar-refractivity contribution < 1.29 is 9.53 Å². The summed E-state index contributed by atoms with van der Waals surface area (Å²) in [6, 6.07) is 7.92. The van der Waals surface area contributed by atoms with Crippen LogP contribution in [-0.2, 0) is 4.74 Å². The lowest BCUT2D eigenvalue weighted by Crippen LogP contribution is -2.15. The first-order valence-corrected chi connectivity index (χ1v) is 5.46. The van der Waals surface area contributed by atoms with Crippen LogP contribution in [0.3, 0.4) is 0 Å². The maximum atomic E-state index is 11.2. The molecule has 1 aliphatic heterocycles. The number of carbonyl (C=O) groups is 1. The van der Waals surface area contributed by atoms with Gasteiger partial charge in [0.1, 0.15) is 0 Å². The molecule has 80 valence electrons. The van der Waals surface area contributed by atoms with Crippen molar-refractivity contribution >= 4 is 5.78 Å². The highest BCUT2D eigenvalue weighted by Gasteiger charge is 2.16. The summed E-state index contributed by atoms with van der Waals surface area (Å²) in [6.45, 7) is 3.28. The molecule has 15 heavy (non-hydrogen) atoms. The number of Topliss-reactive ketones (excluding diaryl/α,β-unsaturated/α-hetero) is 1. The topological polar surface area (TPSA) is 26.3 Å². The highest BCUT2D eigenvalue weighted by Crippen LogP contribution is 2.25. The second kappa shape index (κ2) is 4.58. The normalized spacial score (nSPS) is 21.3. The summed E-state index contributed by atoms with van der Waals surface area (Å²) in [6.07, 6.45) is 2.29. The molecule has 0 saturated carbocycles. The summed E-state index contributed by atoms with van der Waals surface area (Å²) < 4.78 is 5.45. The van der Waals surface area contributed by atoms with E-state index in [0.29, 0.717) is 5.92 Å². The van der Waals surface area contributed by atoms with E-state index in [0.717, 1.165) is 25.2 Å². The van der Waals surface area contributed by atoms with Gasteiger partial charge in [-0.15, -0.1) is 0 Å². The molecule has 0 radical (unpaired) electrons. The maximum Gasteiger partial charge on any atom is 0.159 e. The second-order valence-corrected chi connectivity index (χ2v) is 4.10. The first-order valence-electron chi connectivity index (χ1n) is 5.46. The Morgan fingerprint density at radius 2 is 2.33 bits per heavy atom. The van der Waals surface area contributed by atoms with Crippen molar-refractivity contribution in [2.24, 2.45) is 0 Å². The van der Waals surface area contributed by atoms with Crippen LogP contribution in [0, 0.1) is 0 Å². The number of carbonyl (C=O) groups excluding carboxylic acids is 1. The Labute approximate surface area is 90.3 Å². The lowest BCUT2D eigenvalue weighted by atomic mass is 9.92.